The Morgan fingerprint density at radius 3 is 2.54 bits per heavy atom. The molecule has 2 rings (SSSR count). The first kappa shape index (κ1) is 23.8. The minimum atomic E-state index is -0.835. The summed E-state index contributed by atoms with van der Waals surface area (Å²) in [5.74, 6) is -1.67. The molecule has 0 atom stereocenters. The smallest absolute Gasteiger partial charge is 0.159 e. The Morgan fingerprint density at radius 1 is 1.14 bits per heavy atom. The normalized spacial score (nSPS) is 14.5. The van der Waals surface area contributed by atoms with Crippen LogP contribution in [0.1, 0.15) is 52.0 Å². The minimum Gasteiger partial charge on any atom is -0.342 e. The fourth-order valence-electron chi connectivity index (χ4n) is 2.70. The van der Waals surface area contributed by atoms with Gasteiger partial charge in [-0.3, -0.25) is 4.99 Å². The summed E-state index contributed by atoms with van der Waals surface area (Å²) < 4.78 is 26.6. The maximum atomic E-state index is 13.4. The molecule has 0 bridgehead atoms. The van der Waals surface area contributed by atoms with Gasteiger partial charge in [0.15, 0.2) is 11.6 Å². The molecule has 0 fully saturated rings. The molecule has 0 spiro atoms. The van der Waals surface area contributed by atoms with Gasteiger partial charge in [0.1, 0.15) is 0 Å². The highest BCUT2D eigenvalue weighted by molar-refractivity contribution is 5.40. The van der Waals surface area contributed by atoms with E-state index >= 15 is 0 Å². The molecule has 1 N–H and O–H groups in total. The SMILES string of the molecule is C=N/C=C1/C(CNCCCCC)=CC=CN1Cc1ccc(F)c(F)c1.CCC. The molecule has 1 aromatic carbocycles. The van der Waals surface area contributed by atoms with Crippen LogP contribution in [0.3, 0.4) is 0 Å². The summed E-state index contributed by atoms with van der Waals surface area (Å²) in [5.41, 5.74) is 2.69. The molecular weight excluding hydrogens is 356 g/mol. The van der Waals surface area contributed by atoms with Gasteiger partial charge in [-0.15, -0.1) is 0 Å². The lowest BCUT2D eigenvalue weighted by molar-refractivity contribution is 0.450. The second kappa shape index (κ2) is 13.8. The van der Waals surface area contributed by atoms with Crippen molar-refractivity contribution in [2.45, 2.75) is 53.0 Å². The molecule has 3 nitrogen and oxygen atoms in total. The zero-order valence-corrected chi connectivity index (χ0v) is 17.3. The number of allylic oxidation sites excluding steroid dienone is 2. The van der Waals surface area contributed by atoms with Crippen molar-refractivity contribution in [3.63, 3.8) is 0 Å². The summed E-state index contributed by atoms with van der Waals surface area (Å²) in [4.78, 5) is 5.86. The zero-order valence-electron chi connectivity index (χ0n) is 17.3. The van der Waals surface area contributed by atoms with Gasteiger partial charge in [-0.2, -0.15) is 0 Å². The van der Waals surface area contributed by atoms with E-state index in [1.165, 1.54) is 25.3 Å². The molecule has 1 heterocycles. The Labute approximate surface area is 168 Å². The summed E-state index contributed by atoms with van der Waals surface area (Å²) in [7, 11) is 0. The molecule has 0 saturated carbocycles. The molecule has 0 amide bonds. The number of halogens is 2. The molecule has 1 aromatic rings. The molecule has 0 unspecified atom stereocenters. The van der Waals surface area contributed by atoms with Crippen molar-refractivity contribution in [2.75, 3.05) is 13.1 Å². The molecule has 0 aromatic heterocycles. The number of hydrogen-bond donors (Lipinski definition) is 1. The quantitative estimate of drug-likeness (QED) is 0.417. The van der Waals surface area contributed by atoms with Gasteiger partial charge in [-0.05, 0) is 49.0 Å². The minimum absolute atomic E-state index is 0.433. The summed E-state index contributed by atoms with van der Waals surface area (Å²) in [6.45, 7) is 12.1. The summed E-state index contributed by atoms with van der Waals surface area (Å²) in [6.07, 6.45) is 12.4. The number of unbranched alkanes of at least 4 members (excludes halogenated alkanes) is 2. The second-order valence-electron chi connectivity index (χ2n) is 6.70. The van der Waals surface area contributed by atoms with Crippen LogP contribution in [0.4, 0.5) is 8.78 Å². The lowest BCUT2D eigenvalue weighted by Gasteiger charge is -2.28. The second-order valence-corrected chi connectivity index (χ2v) is 6.70. The van der Waals surface area contributed by atoms with Crippen LogP contribution in [0.5, 0.6) is 0 Å². The van der Waals surface area contributed by atoms with Crippen molar-refractivity contribution in [1.82, 2.24) is 10.2 Å². The topological polar surface area (TPSA) is 27.6 Å². The molecular formula is C23H33F2N3. The van der Waals surface area contributed by atoms with E-state index in [4.69, 9.17) is 0 Å². The van der Waals surface area contributed by atoms with Gasteiger partial charge in [0.25, 0.3) is 0 Å². The van der Waals surface area contributed by atoms with Crippen LogP contribution in [0.25, 0.3) is 0 Å². The Kier molecular flexibility index (Phi) is 11.7. The van der Waals surface area contributed by atoms with E-state index in [0.717, 1.165) is 36.8 Å². The number of nitrogens with zero attached hydrogens (tertiary/aromatic N) is 2. The maximum Gasteiger partial charge on any atom is 0.159 e. The van der Waals surface area contributed by atoms with Crippen LogP contribution in [0, 0.1) is 11.6 Å². The fourth-order valence-corrected chi connectivity index (χ4v) is 2.70. The lowest BCUT2D eigenvalue weighted by atomic mass is 10.1. The largest absolute Gasteiger partial charge is 0.342 e. The average Bonchev–Trinajstić information content (AvgIpc) is 2.67. The van der Waals surface area contributed by atoms with Crippen molar-refractivity contribution >= 4 is 6.72 Å². The van der Waals surface area contributed by atoms with E-state index < -0.39 is 11.6 Å². The standard InChI is InChI=1S/C20H25F2N3.C3H8/c1-3-4-5-10-24-13-17-7-6-11-25(20(17)14-23-2)15-16-8-9-18(21)19(22)12-16;1-3-2/h6-9,11-12,14,24H,2-5,10,13,15H2,1H3;3H2,1-2H3/b20-14-;. The fraction of sp³-hybridized carbons (Fsp3) is 0.435. The van der Waals surface area contributed by atoms with Gasteiger partial charge in [-0.25, -0.2) is 8.78 Å². The predicted molar refractivity (Wildman–Crippen MR) is 115 cm³/mol. The van der Waals surface area contributed by atoms with Crippen LogP contribution in [-0.4, -0.2) is 24.7 Å². The van der Waals surface area contributed by atoms with E-state index in [0.29, 0.717) is 12.1 Å². The summed E-state index contributed by atoms with van der Waals surface area (Å²) >= 11 is 0. The van der Waals surface area contributed by atoms with Crippen molar-refractivity contribution in [2.24, 2.45) is 4.99 Å². The van der Waals surface area contributed by atoms with Crippen LogP contribution in [-0.2, 0) is 6.54 Å². The van der Waals surface area contributed by atoms with Gasteiger partial charge in [-0.1, -0.05) is 52.2 Å². The van der Waals surface area contributed by atoms with Crippen molar-refractivity contribution in [3.05, 3.63) is 71.2 Å². The Balaban J connectivity index is 0.00000122. The summed E-state index contributed by atoms with van der Waals surface area (Å²) in [5, 5.41) is 3.44. The number of benzene rings is 1. The molecule has 0 saturated heterocycles. The molecule has 28 heavy (non-hydrogen) atoms. The summed E-state index contributed by atoms with van der Waals surface area (Å²) in [6, 6.07) is 3.97. The first-order valence-electron chi connectivity index (χ1n) is 10.0. The molecule has 1 aliphatic rings. The van der Waals surface area contributed by atoms with Crippen LogP contribution < -0.4 is 5.32 Å². The third-order valence-electron chi connectivity index (χ3n) is 4.02. The van der Waals surface area contributed by atoms with E-state index in [9.17, 15) is 8.78 Å². The van der Waals surface area contributed by atoms with E-state index in [-0.39, 0.29) is 0 Å². The van der Waals surface area contributed by atoms with Crippen molar-refractivity contribution < 1.29 is 8.78 Å². The van der Waals surface area contributed by atoms with E-state index in [1.807, 2.05) is 23.3 Å². The van der Waals surface area contributed by atoms with Gasteiger partial charge in [0, 0.05) is 19.3 Å². The first-order valence-corrected chi connectivity index (χ1v) is 10.0. The number of nitrogens with one attached hydrogen (secondary N) is 1. The maximum absolute atomic E-state index is 13.4. The molecule has 0 radical (unpaired) electrons. The third kappa shape index (κ3) is 8.17. The average molecular weight is 390 g/mol. The Hall–Kier alpha value is -2.27. The number of rotatable bonds is 9. The molecule has 1 aliphatic heterocycles. The van der Waals surface area contributed by atoms with Crippen molar-refractivity contribution in [3.8, 4) is 0 Å². The predicted octanol–water partition coefficient (Wildman–Crippen LogP) is 5.96. The molecule has 5 heteroatoms. The zero-order chi connectivity index (χ0) is 20.8. The number of aliphatic imine (C=N–C) groups is 1. The van der Waals surface area contributed by atoms with Gasteiger partial charge in [0.2, 0.25) is 0 Å². The van der Waals surface area contributed by atoms with Crippen molar-refractivity contribution in [1.29, 1.82) is 0 Å². The lowest BCUT2D eigenvalue weighted by Crippen LogP contribution is -2.26. The molecule has 154 valence electrons. The molecule has 0 aliphatic carbocycles. The first-order chi connectivity index (χ1) is 13.6. The van der Waals surface area contributed by atoms with Gasteiger partial charge in [0.05, 0.1) is 11.9 Å². The monoisotopic (exact) mass is 389 g/mol. The van der Waals surface area contributed by atoms with Gasteiger partial charge < -0.3 is 10.2 Å². The highest BCUT2D eigenvalue weighted by Crippen LogP contribution is 2.23. The van der Waals surface area contributed by atoms with Gasteiger partial charge >= 0.3 is 0 Å². The highest BCUT2D eigenvalue weighted by Gasteiger charge is 2.16. The number of hydrogen-bond acceptors (Lipinski definition) is 3. The van der Waals surface area contributed by atoms with Crippen LogP contribution in [0.15, 0.2) is 59.0 Å². The van der Waals surface area contributed by atoms with E-state index in [2.05, 4.69) is 37.8 Å². The highest BCUT2D eigenvalue weighted by atomic mass is 19.2. The Morgan fingerprint density at radius 2 is 1.89 bits per heavy atom. The van der Waals surface area contributed by atoms with E-state index in [1.54, 1.807) is 12.3 Å². The van der Waals surface area contributed by atoms with Crippen LogP contribution in [0.2, 0.25) is 0 Å². The third-order valence-corrected chi connectivity index (χ3v) is 4.02. The Bertz CT molecular complexity index is 693. The van der Waals surface area contributed by atoms with Crippen LogP contribution >= 0.6 is 0 Å².